The zero-order valence-electron chi connectivity index (χ0n) is 14.2. The normalized spacial score (nSPS) is 12.0. The Morgan fingerprint density at radius 1 is 1.23 bits per heavy atom. The number of nitro benzene ring substituents is 2. The molecule has 142 valence electrons. The molecule has 1 aromatic carbocycles. The highest BCUT2D eigenvalue weighted by Crippen LogP contribution is 2.28. The highest BCUT2D eigenvalue weighted by Gasteiger charge is 2.25. The molecule has 0 fully saturated rings. The summed E-state index contributed by atoms with van der Waals surface area (Å²) < 4.78 is 4.95. The number of carbonyl (C=O) groups excluding carboxylic acids is 1. The number of nitrogens with zero attached hydrogens (tertiary/aromatic N) is 2. The van der Waals surface area contributed by atoms with E-state index in [4.69, 9.17) is 9.84 Å². The predicted molar refractivity (Wildman–Crippen MR) is 89.0 cm³/mol. The summed E-state index contributed by atoms with van der Waals surface area (Å²) in [7, 11) is 0. The number of hydrogen-bond acceptors (Lipinski definition) is 8. The molecule has 0 saturated carbocycles. The van der Waals surface area contributed by atoms with E-state index < -0.39 is 51.5 Å². The minimum absolute atomic E-state index is 0.127. The van der Waals surface area contributed by atoms with E-state index in [1.807, 2.05) is 0 Å². The molecule has 3 N–H and O–H groups in total. The Kier molecular flexibility index (Phi) is 6.41. The van der Waals surface area contributed by atoms with E-state index in [0.717, 1.165) is 18.2 Å². The molecule has 26 heavy (non-hydrogen) atoms. The van der Waals surface area contributed by atoms with Crippen LogP contribution in [-0.2, 0) is 9.53 Å². The van der Waals surface area contributed by atoms with Crippen LogP contribution in [0.2, 0.25) is 0 Å². The number of carbonyl (C=O) groups is 2. The van der Waals surface area contributed by atoms with Crippen molar-refractivity contribution in [2.75, 3.05) is 11.9 Å². The van der Waals surface area contributed by atoms with Crippen LogP contribution in [0.25, 0.3) is 0 Å². The van der Waals surface area contributed by atoms with Crippen molar-refractivity contribution in [3.8, 4) is 0 Å². The van der Waals surface area contributed by atoms with Crippen molar-refractivity contribution in [3.05, 3.63) is 38.4 Å². The molecule has 0 spiro atoms. The maximum absolute atomic E-state index is 11.7. The summed E-state index contributed by atoms with van der Waals surface area (Å²) in [5, 5.41) is 35.5. The van der Waals surface area contributed by atoms with Gasteiger partial charge in [-0.25, -0.2) is 9.59 Å². The van der Waals surface area contributed by atoms with Crippen molar-refractivity contribution in [1.29, 1.82) is 0 Å². The molecule has 0 heterocycles. The van der Waals surface area contributed by atoms with Gasteiger partial charge in [-0.05, 0) is 26.8 Å². The van der Waals surface area contributed by atoms with Gasteiger partial charge in [0, 0.05) is 12.6 Å². The second kappa shape index (κ2) is 8.09. The maximum atomic E-state index is 11.7. The Hall–Kier alpha value is -3.44. The molecule has 1 rings (SSSR count). The number of nitro groups is 2. The Balaban J connectivity index is 2.90. The monoisotopic (exact) mass is 370 g/mol. The standard InChI is InChI=1S/C14H18N4O8/c1-14(2,3)26-13(21)16-10(12(19)20)7-15-9-5-4-8(17(22)23)6-11(9)18(24)25/h4-6,10,15H,7H2,1-3H3,(H,16,21)(H,19,20)/t10-/m1/s1. The average Bonchev–Trinajstić information content (AvgIpc) is 2.48. The number of carboxylic acid groups (broad SMARTS) is 1. The van der Waals surface area contributed by atoms with Crippen LogP contribution in [0.5, 0.6) is 0 Å². The van der Waals surface area contributed by atoms with Gasteiger partial charge in [-0.3, -0.25) is 20.2 Å². The van der Waals surface area contributed by atoms with Crippen LogP contribution >= 0.6 is 0 Å². The van der Waals surface area contributed by atoms with E-state index in [0.29, 0.717) is 0 Å². The number of amides is 1. The predicted octanol–water partition coefficient (Wildman–Crippen LogP) is 1.89. The molecule has 0 aliphatic rings. The largest absolute Gasteiger partial charge is 0.480 e. The van der Waals surface area contributed by atoms with Crippen LogP contribution in [0.3, 0.4) is 0 Å². The number of hydrogen-bond donors (Lipinski definition) is 3. The Morgan fingerprint density at radius 2 is 1.85 bits per heavy atom. The lowest BCUT2D eigenvalue weighted by Gasteiger charge is -2.22. The molecule has 0 radical (unpaired) electrons. The summed E-state index contributed by atoms with van der Waals surface area (Å²) in [6, 6.07) is 1.42. The van der Waals surface area contributed by atoms with Crippen LogP contribution in [0, 0.1) is 20.2 Å². The zero-order valence-corrected chi connectivity index (χ0v) is 14.2. The average molecular weight is 370 g/mol. The number of ether oxygens (including phenoxy) is 1. The van der Waals surface area contributed by atoms with Crippen molar-refractivity contribution in [3.63, 3.8) is 0 Å². The van der Waals surface area contributed by atoms with E-state index in [-0.39, 0.29) is 5.69 Å². The number of anilines is 1. The molecule has 0 aromatic heterocycles. The van der Waals surface area contributed by atoms with Gasteiger partial charge in [0.2, 0.25) is 0 Å². The van der Waals surface area contributed by atoms with Crippen molar-refractivity contribution in [2.45, 2.75) is 32.4 Å². The third-order valence-electron chi connectivity index (χ3n) is 2.87. The number of rotatable bonds is 7. The van der Waals surface area contributed by atoms with Gasteiger partial charge < -0.3 is 20.5 Å². The van der Waals surface area contributed by atoms with Gasteiger partial charge in [-0.15, -0.1) is 0 Å². The van der Waals surface area contributed by atoms with Crippen molar-refractivity contribution in [1.82, 2.24) is 5.32 Å². The second-order valence-corrected chi connectivity index (χ2v) is 6.13. The first-order valence-corrected chi connectivity index (χ1v) is 7.29. The lowest BCUT2D eigenvalue weighted by molar-refractivity contribution is -0.393. The van der Waals surface area contributed by atoms with Gasteiger partial charge >= 0.3 is 12.1 Å². The minimum atomic E-state index is -1.44. The SMILES string of the molecule is CC(C)(C)OC(=O)N[C@H](CNc1ccc([N+](=O)[O-])cc1[N+](=O)[O-])C(=O)O. The molecule has 1 aromatic rings. The summed E-state index contributed by atoms with van der Waals surface area (Å²) >= 11 is 0. The van der Waals surface area contributed by atoms with Crippen LogP contribution in [0.4, 0.5) is 21.9 Å². The molecule has 0 unspecified atom stereocenters. The molecule has 0 aliphatic carbocycles. The summed E-state index contributed by atoms with van der Waals surface area (Å²) in [6.07, 6.45) is -0.968. The fourth-order valence-electron chi connectivity index (χ4n) is 1.80. The van der Waals surface area contributed by atoms with E-state index in [2.05, 4.69) is 10.6 Å². The highest BCUT2D eigenvalue weighted by atomic mass is 16.6. The van der Waals surface area contributed by atoms with Crippen molar-refractivity contribution in [2.24, 2.45) is 0 Å². The van der Waals surface area contributed by atoms with E-state index in [1.54, 1.807) is 20.8 Å². The first-order valence-electron chi connectivity index (χ1n) is 7.29. The first-order chi connectivity index (χ1) is 11.9. The fourth-order valence-corrected chi connectivity index (χ4v) is 1.80. The van der Waals surface area contributed by atoms with Gasteiger partial charge in [0.15, 0.2) is 0 Å². The third-order valence-corrected chi connectivity index (χ3v) is 2.87. The van der Waals surface area contributed by atoms with Crippen LogP contribution in [0.15, 0.2) is 18.2 Å². The van der Waals surface area contributed by atoms with E-state index >= 15 is 0 Å². The van der Waals surface area contributed by atoms with Gasteiger partial charge in [-0.2, -0.15) is 0 Å². The second-order valence-electron chi connectivity index (χ2n) is 6.13. The minimum Gasteiger partial charge on any atom is -0.480 e. The lowest BCUT2D eigenvalue weighted by Crippen LogP contribution is -2.47. The Bertz CT molecular complexity index is 728. The Morgan fingerprint density at radius 3 is 2.31 bits per heavy atom. The molecule has 12 nitrogen and oxygen atoms in total. The smallest absolute Gasteiger partial charge is 0.408 e. The van der Waals surface area contributed by atoms with Gasteiger partial charge in [-0.1, -0.05) is 0 Å². The number of aliphatic carboxylic acids is 1. The van der Waals surface area contributed by atoms with Crippen molar-refractivity contribution < 1.29 is 29.3 Å². The first kappa shape index (κ1) is 20.6. The van der Waals surface area contributed by atoms with Gasteiger partial charge in [0.25, 0.3) is 11.4 Å². The van der Waals surface area contributed by atoms with Gasteiger partial charge in [0.05, 0.1) is 15.9 Å². The molecular weight excluding hydrogens is 352 g/mol. The maximum Gasteiger partial charge on any atom is 0.408 e. The van der Waals surface area contributed by atoms with Crippen LogP contribution < -0.4 is 10.6 Å². The molecular formula is C14H18N4O8. The quantitative estimate of drug-likeness (QED) is 0.478. The van der Waals surface area contributed by atoms with Crippen LogP contribution in [0.1, 0.15) is 20.8 Å². The number of non-ortho nitro benzene ring substituents is 1. The third kappa shape index (κ3) is 6.22. The topological polar surface area (TPSA) is 174 Å². The molecule has 1 amide bonds. The fraction of sp³-hybridized carbons (Fsp3) is 0.429. The summed E-state index contributed by atoms with van der Waals surface area (Å²) in [4.78, 5) is 43.0. The lowest BCUT2D eigenvalue weighted by atomic mass is 10.2. The molecule has 0 aliphatic heterocycles. The van der Waals surface area contributed by atoms with Crippen molar-refractivity contribution >= 4 is 29.1 Å². The number of benzene rings is 1. The molecule has 12 heteroatoms. The van der Waals surface area contributed by atoms with Crippen LogP contribution in [-0.4, -0.2) is 45.2 Å². The number of carboxylic acids is 1. The number of alkyl carbamates (subject to hydrolysis) is 1. The van der Waals surface area contributed by atoms with E-state index in [1.165, 1.54) is 0 Å². The Labute approximate surface area is 147 Å². The molecule has 0 bridgehead atoms. The molecule has 0 saturated heterocycles. The zero-order chi connectivity index (χ0) is 20.1. The summed E-state index contributed by atoms with van der Waals surface area (Å²) in [6.45, 7) is 4.38. The highest BCUT2D eigenvalue weighted by molar-refractivity contribution is 5.81. The summed E-state index contributed by atoms with van der Waals surface area (Å²) in [5.74, 6) is -1.40. The van der Waals surface area contributed by atoms with Gasteiger partial charge in [0.1, 0.15) is 17.3 Å². The summed E-state index contributed by atoms with van der Waals surface area (Å²) in [5.41, 5.74) is -2.04. The van der Waals surface area contributed by atoms with E-state index in [9.17, 15) is 29.8 Å². The molecule has 1 atom stereocenters. The number of nitrogens with one attached hydrogen (secondary N) is 2.